The van der Waals surface area contributed by atoms with Crippen LogP contribution in [0.1, 0.15) is 20.8 Å². The number of nitrogens with one attached hydrogen (secondary N) is 2. The zero-order valence-electron chi connectivity index (χ0n) is 15.4. The van der Waals surface area contributed by atoms with Gasteiger partial charge in [0.1, 0.15) is 0 Å². The number of carbonyl (C=O) groups is 2. The van der Waals surface area contributed by atoms with Gasteiger partial charge in [-0.3, -0.25) is 9.59 Å². The van der Waals surface area contributed by atoms with Crippen LogP contribution in [0.5, 0.6) is 0 Å². The summed E-state index contributed by atoms with van der Waals surface area (Å²) < 4.78 is 0. The number of quaternary nitrogens is 1. The van der Waals surface area contributed by atoms with Crippen molar-refractivity contribution in [3.05, 3.63) is 28.2 Å². The van der Waals surface area contributed by atoms with Gasteiger partial charge >= 0.3 is 0 Å². The summed E-state index contributed by atoms with van der Waals surface area (Å²) in [4.78, 5) is 28.3. The minimum atomic E-state index is -0.217. The van der Waals surface area contributed by atoms with Crippen molar-refractivity contribution in [3.8, 4) is 0 Å². The van der Waals surface area contributed by atoms with Crippen LogP contribution < -0.4 is 10.2 Å². The third kappa shape index (κ3) is 6.65. The van der Waals surface area contributed by atoms with E-state index < -0.39 is 0 Å². The van der Waals surface area contributed by atoms with Crippen LogP contribution in [0, 0.1) is 0 Å². The highest BCUT2D eigenvalue weighted by Gasteiger charge is 2.26. The molecule has 2 N–H and O–H groups in total. The Morgan fingerprint density at radius 1 is 1.19 bits per heavy atom. The van der Waals surface area contributed by atoms with Crippen molar-refractivity contribution in [1.82, 2.24) is 10.2 Å². The molecule has 0 spiro atoms. The third-order valence-corrected chi connectivity index (χ3v) is 5.98. The van der Waals surface area contributed by atoms with E-state index in [1.54, 1.807) is 18.2 Å². The standard InChI is InChI=1S/C18H25Cl2N3O2S/c1-18(2,3)21-15(24)11-22-7-9-23(10-8-22)16(25)12-26-17-13(19)5-4-6-14(17)20/h4-6H,7-12H2,1-3H3,(H,21,24)/p+1. The second kappa shape index (κ2) is 9.31. The average Bonchev–Trinajstić information content (AvgIpc) is 2.53. The Bertz CT molecular complexity index is 636. The smallest absolute Gasteiger partial charge is 0.275 e. The molecule has 2 amide bonds. The van der Waals surface area contributed by atoms with Crippen molar-refractivity contribution in [3.63, 3.8) is 0 Å². The maximum Gasteiger partial charge on any atom is 0.275 e. The van der Waals surface area contributed by atoms with E-state index in [0.717, 1.165) is 18.0 Å². The molecule has 1 aromatic carbocycles. The molecule has 2 rings (SSSR count). The molecule has 5 nitrogen and oxygen atoms in total. The fraction of sp³-hybridized carbons (Fsp3) is 0.556. The first-order chi connectivity index (χ1) is 12.2. The van der Waals surface area contributed by atoms with Crippen LogP contribution in [-0.2, 0) is 9.59 Å². The fourth-order valence-corrected chi connectivity index (χ4v) is 4.37. The molecular weight excluding hydrogens is 393 g/mol. The Morgan fingerprint density at radius 2 is 1.77 bits per heavy atom. The summed E-state index contributed by atoms with van der Waals surface area (Å²) >= 11 is 13.6. The molecule has 0 atom stereocenters. The van der Waals surface area contributed by atoms with E-state index in [2.05, 4.69) is 5.32 Å². The Hall–Kier alpha value is -0.950. The zero-order valence-corrected chi connectivity index (χ0v) is 17.7. The van der Waals surface area contributed by atoms with Crippen molar-refractivity contribution in [2.24, 2.45) is 0 Å². The molecule has 0 aliphatic carbocycles. The summed E-state index contributed by atoms with van der Waals surface area (Å²) in [7, 11) is 0. The molecule has 0 aromatic heterocycles. The van der Waals surface area contributed by atoms with E-state index in [1.807, 2.05) is 25.7 Å². The molecule has 0 bridgehead atoms. The molecule has 26 heavy (non-hydrogen) atoms. The summed E-state index contributed by atoms with van der Waals surface area (Å²) in [6, 6.07) is 5.32. The van der Waals surface area contributed by atoms with Crippen LogP contribution in [0.25, 0.3) is 0 Å². The molecule has 1 saturated heterocycles. The Balaban J connectivity index is 1.77. The molecule has 1 aliphatic rings. The van der Waals surface area contributed by atoms with Crippen LogP contribution in [0.15, 0.2) is 23.1 Å². The Morgan fingerprint density at radius 3 is 2.31 bits per heavy atom. The van der Waals surface area contributed by atoms with E-state index in [1.165, 1.54) is 16.7 Å². The topological polar surface area (TPSA) is 53.9 Å². The molecule has 1 fully saturated rings. The number of hydrogen-bond donors (Lipinski definition) is 2. The predicted molar refractivity (Wildman–Crippen MR) is 107 cm³/mol. The zero-order chi connectivity index (χ0) is 19.3. The number of carbonyl (C=O) groups excluding carboxylic acids is 2. The molecule has 1 heterocycles. The van der Waals surface area contributed by atoms with Crippen molar-refractivity contribution in [1.29, 1.82) is 0 Å². The lowest BCUT2D eigenvalue weighted by molar-refractivity contribution is -0.896. The lowest BCUT2D eigenvalue weighted by Gasteiger charge is -2.32. The van der Waals surface area contributed by atoms with Gasteiger partial charge < -0.3 is 15.1 Å². The van der Waals surface area contributed by atoms with E-state index in [4.69, 9.17) is 23.2 Å². The molecule has 8 heteroatoms. The van der Waals surface area contributed by atoms with E-state index in [9.17, 15) is 9.59 Å². The van der Waals surface area contributed by atoms with Crippen molar-refractivity contribution >= 4 is 46.8 Å². The highest BCUT2D eigenvalue weighted by molar-refractivity contribution is 8.00. The summed E-state index contributed by atoms with van der Waals surface area (Å²) in [5.74, 6) is 0.434. The highest BCUT2D eigenvalue weighted by Crippen LogP contribution is 2.33. The first-order valence-corrected chi connectivity index (χ1v) is 10.4. The van der Waals surface area contributed by atoms with Crippen LogP contribution in [0.3, 0.4) is 0 Å². The first kappa shape index (κ1) is 21.4. The van der Waals surface area contributed by atoms with Gasteiger partial charge in [0.2, 0.25) is 5.91 Å². The number of amides is 2. The van der Waals surface area contributed by atoms with E-state index in [-0.39, 0.29) is 17.4 Å². The lowest BCUT2D eigenvalue weighted by atomic mass is 10.1. The monoisotopic (exact) mass is 418 g/mol. The number of halogens is 2. The number of hydrogen-bond acceptors (Lipinski definition) is 3. The quantitative estimate of drug-likeness (QED) is 0.715. The summed E-state index contributed by atoms with van der Waals surface area (Å²) in [5.41, 5.74) is -0.217. The van der Waals surface area contributed by atoms with Crippen LogP contribution in [0.2, 0.25) is 10.0 Å². The van der Waals surface area contributed by atoms with Gasteiger partial charge in [0, 0.05) is 10.4 Å². The van der Waals surface area contributed by atoms with Crippen LogP contribution in [0.4, 0.5) is 0 Å². The number of piperazine rings is 1. The van der Waals surface area contributed by atoms with Crippen LogP contribution in [-0.4, -0.2) is 60.7 Å². The summed E-state index contributed by atoms with van der Waals surface area (Å²) in [6.07, 6.45) is 0. The van der Waals surface area contributed by atoms with Gasteiger partial charge in [0.25, 0.3) is 5.91 Å². The van der Waals surface area contributed by atoms with Gasteiger partial charge in [0.05, 0.1) is 42.0 Å². The number of benzene rings is 1. The summed E-state index contributed by atoms with van der Waals surface area (Å²) in [5, 5.41) is 4.11. The highest BCUT2D eigenvalue weighted by atomic mass is 35.5. The molecule has 1 aromatic rings. The SMILES string of the molecule is CC(C)(C)NC(=O)C[NH+]1CCN(C(=O)CSc2c(Cl)cccc2Cl)CC1. The molecule has 0 radical (unpaired) electrons. The number of thioether (sulfide) groups is 1. The molecule has 0 unspecified atom stereocenters. The maximum atomic E-state index is 12.4. The van der Waals surface area contributed by atoms with E-state index in [0.29, 0.717) is 35.4 Å². The molecule has 1 aliphatic heterocycles. The van der Waals surface area contributed by atoms with Gasteiger partial charge in [0.15, 0.2) is 6.54 Å². The number of nitrogens with zero attached hydrogens (tertiary/aromatic N) is 1. The van der Waals surface area contributed by atoms with Gasteiger partial charge in [-0.05, 0) is 32.9 Å². The minimum absolute atomic E-state index is 0.0520. The average molecular weight is 419 g/mol. The third-order valence-electron chi connectivity index (χ3n) is 4.01. The number of rotatable bonds is 5. The molecule has 144 valence electrons. The van der Waals surface area contributed by atoms with Crippen molar-refractivity contribution in [2.45, 2.75) is 31.2 Å². The maximum absolute atomic E-state index is 12.4. The molecular formula is C18H26Cl2N3O2S+. The first-order valence-electron chi connectivity index (χ1n) is 8.65. The van der Waals surface area contributed by atoms with Gasteiger partial charge in [-0.1, -0.05) is 29.3 Å². The lowest BCUT2D eigenvalue weighted by Crippen LogP contribution is -3.16. The van der Waals surface area contributed by atoms with Gasteiger partial charge in [-0.15, -0.1) is 11.8 Å². The second-order valence-electron chi connectivity index (χ2n) is 7.45. The second-order valence-corrected chi connectivity index (χ2v) is 9.25. The predicted octanol–water partition coefficient (Wildman–Crippen LogP) is 1.73. The Labute approximate surface area is 169 Å². The largest absolute Gasteiger partial charge is 0.347 e. The Kier molecular flexibility index (Phi) is 7.64. The fourth-order valence-electron chi connectivity index (χ4n) is 2.78. The van der Waals surface area contributed by atoms with Crippen molar-refractivity contribution < 1.29 is 14.5 Å². The van der Waals surface area contributed by atoms with Gasteiger partial charge in [-0.25, -0.2) is 0 Å². The van der Waals surface area contributed by atoms with Crippen LogP contribution >= 0.6 is 35.0 Å². The van der Waals surface area contributed by atoms with Gasteiger partial charge in [-0.2, -0.15) is 0 Å². The van der Waals surface area contributed by atoms with E-state index >= 15 is 0 Å². The normalized spacial score (nSPS) is 15.8. The minimum Gasteiger partial charge on any atom is -0.347 e. The molecule has 0 saturated carbocycles. The summed E-state index contributed by atoms with van der Waals surface area (Å²) in [6.45, 7) is 9.24. The van der Waals surface area contributed by atoms with Crippen molar-refractivity contribution in [2.75, 3.05) is 38.5 Å².